The summed E-state index contributed by atoms with van der Waals surface area (Å²) in [5, 5.41) is 0. The van der Waals surface area contributed by atoms with Gasteiger partial charge in [0.05, 0.1) is 24.8 Å². The summed E-state index contributed by atoms with van der Waals surface area (Å²) in [5.74, 6) is 1.15. The second kappa shape index (κ2) is 4.21. The molecule has 1 aliphatic rings. The van der Waals surface area contributed by atoms with Crippen LogP contribution in [-0.2, 0) is 16.5 Å². The van der Waals surface area contributed by atoms with Crippen LogP contribution in [0.25, 0.3) is 11.0 Å². The zero-order chi connectivity index (χ0) is 13.6. The van der Waals surface area contributed by atoms with Crippen LogP contribution in [-0.4, -0.2) is 29.1 Å². The molecule has 0 amide bonds. The summed E-state index contributed by atoms with van der Waals surface area (Å²) in [4.78, 5) is 4.65. The first-order valence-electron chi connectivity index (χ1n) is 6.32. The van der Waals surface area contributed by atoms with Crippen molar-refractivity contribution < 1.29 is 14.2 Å². The fraction of sp³-hybridized carbons (Fsp3) is 0.500. The van der Waals surface area contributed by atoms with Gasteiger partial charge < -0.3 is 18.8 Å². The standard InChI is InChI=1S/C14H18N2O3/c1-14(2)18-8-12(19-14)13-15-10-7-9(17-4)5-6-11(10)16(13)3/h5-7,12H,8H2,1-4H3. The van der Waals surface area contributed by atoms with E-state index in [1.807, 2.05) is 43.7 Å². The molecule has 1 aliphatic heterocycles. The number of ether oxygens (including phenoxy) is 3. The maximum atomic E-state index is 5.86. The number of aromatic nitrogens is 2. The van der Waals surface area contributed by atoms with E-state index in [9.17, 15) is 0 Å². The van der Waals surface area contributed by atoms with Crippen LogP contribution in [0.5, 0.6) is 5.75 Å². The Kier molecular flexibility index (Phi) is 2.76. The molecule has 0 N–H and O–H groups in total. The van der Waals surface area contributed by atoms with Crippen molar-refractivity contribution in [3.63, 3.8) is 0 Å². The van der Waals surface area contributed by atoms with Crippen LogP contribution in [0.15, 0.2) is 18.2 Å². The molecule has 1 unspecified atom stereocenters. The molecule has 2 heterocycles. The predicted molar refractivity (Wildman–Crippen MR) is 71.1 cm³/mol. The van der Waals surface area contributed by atoms with E-state index in [4.69, 9.17) is 14.2 Å². The molecule has 19 heavy (non-hydrogen) atoms. The third-order valence-electron chi connectivity index (χ3n) is 3.42. The Morgan fingerprint density at radius 3 is 2.84 bits per heavy atom. The number of imidazole rings is 1. The van der Waals surface area contributed by atoms with Crippen LogP contribution in [0.2, 0.25) is 0 Å². The Morgan fingerprint density at radius 1 is 1.42 bits per heavy atom. The van der Waals surface area contributed by atoms with E-state index in [0.717, 1.165) is 22.6 Å². The number of hydrogen-bond acceptors (Lipinski definition) is 4. The van der Waals surface area contributed by atoms with Crippen molar-refractivity contribution in [3.05, 3.63) is 24.0 Å². The molecule has 0 aliphatic carbocycles. The van der Waals surface area contributed by atoms with Crippen LogP contribution in [0, 0.1) is 0 Å². The topological polar surface area (TPSA) is 45.5 Å². The average Bonchev–Trinajstić information content (AvgIpc) is 2.89. The number of nitrogens with zero attached hydrogens (tertiary/aromatic N) is 2. The van der Waals surface area contributed by atoms with Gasteiger partial charge in [0.1, 0.15) is 17.7 Å². The van der Waals surface area contributed by atoms with Crippen molar-refractivity contribution >= 4 is 11.0 Å². The van der Waals surface area contributed by atoms with Gasteiger partial charge in [0.15, 0.2) is 5.79 Å². The molecule has 0 radical (unpaired) electrons. The van der Waals surface area contributed by atoms with E-state index in [0.29, 0.717) is 6.61 Å². The highest BCUT2D eigenvalue weighted by Crippen LogP contribution is 2.33. The smallest absolute Gasteiger partial charge is 0.164 e. The monoisotopic (exact) mass is 262 g/mol. The predicted octanol–water partition coefficient (Wildman–Crippen LogP) is 2.41. The maximum absolute atomic E-state index is 5.86. The second-order valence-corrected chi connectivity index (χ2v) is 5.20. The molecule has 5 heteroatoms. The van der Waals surface area contributed by atoms with Crippen molar-refractivity contribution in [2.24, 2.45) is 7.05 Å². The highest BCUT2D eigenvalue weighted by molar-refractivity contribution is 5.77. The number of methoxy groups -OCH3 is 1. The minimum absolute atomic E-state index is 0.126. The Labute approximate surface area is 112 Å². The van der Waals surface area contributed by atoms with Crippen LogP contribution in [0.3, 0.4) is 0 Å². The first-order valence-corrected chi connectivity index (χ1v) is 6.32. The molecule has 1 aromatic carbocycles. The summed E-state index contributed by atoms with van der Waals surface area (Å²) in [6.07, 6.45) is -0.126. The largest absolute Gasteiger partial charge is 0.497 e. The number of rotatable bonds is 2. The highest BCUT2D eigenvalue weighted by atomic mass is 16.7. The molecule has 0 spiro atoms. The zero-order valence-electron chi connectivity index (χ0n) is 11.6. The second-order valence-electron chi connectivity index (χ2n) is 5.20. The van der Waals surface area contributed by atoms with Gasteiger partial charge in [-0.1, -0.05) is 0 Å². The normalized spacial score (nSPS) is 22.0. The van der Waals surface area contributed by atoms with Crippen LogP contribution in [0.1, 0.15) is 25.8 Å². The van der Waals surface area contributed by atoms with Gasteiger partial charge in [-0.25, -0.2) is 4.98 Å². The van der Waals surface area contributed by atoms with Crippen molar-refractivity contribution in [2.75, 3.05) is 13.7 Å². The molecule has 0 saturated carbocycles. The first kappa shape index (κ1) is 12.4. The molecular weight excluding hydrogens is 244 g/mol. The van der Waals surface area contributed by atoms with Gasteiger partial charge in [-0.3, -0.25) is 0 Å². The Morgan fingerprint density at radius 2 is 2.21 bits per heavy atom. The van der Waals surface area contributed by atoms with Crippen molar-refractivity contribution in [1.29, 1.82) is 0 Å². The minimum Gasteiger partial charge on any atom is -0.497 e. The van der Waals surface area contributed by atoms with E-state index >= 15 is 0 Å². The van der Waals surface area contributed by atoms with Gasteiger partial charge in [0.2, 0.25) is 0 Å². The Hall–Kier alpha value is -1.59. The molecule has 5 nitrogen and oxygen atoms in total. The lowest BCUT2D eigenvalue weighted by Crippen LogP contribution is -2.20. The van der Waals surface area contributed by atoms with Gasteiger partial charge in [-0.2, -0.15) is 0 Å². The fourth-order valence-corrected chi connectivity index (χ4v) is 2.43. The van der Waals surface area contributed by atoms with Crippen LogP contribution >= 0.6 is 0 Å². The summed E-state index contributed by atoms with van der Waals surface area (Å²) in [6.45, 7) is 4.36. The van der Waals surface area contributed by atoms with Gasteiger partial charge in [-0.05, 0) is 26.0 Å². The molecule has 0 bridgehead atoms. The van der Waals surface area contributed by atoms with Gasteiger partial charge in [0, 0.05) is 13.1 Å². The van der Waals surface area contributed by atoms with Crippen molar-refractivity contribution in [3.8, 4) is 5.75 Å². The van der Waals surface area contributed by atoms with Crippen LogP contribution in [0.4, 0.5) is 0 Å². The lowest BCUT2D eigenvalue weighted by atomic mass is 10.3. The minimum atomic E-state index is -0.541. The molecule has 1 atom stereocenters. The van der Waals surface area contributed by atoms with Crippen molar-refractivity contribution in [1.82, 2.24) is 9.55 Å². The van der Waals surface area contributed by atoms with E-state index in [2.05, 4.69) is 4.98 Å². The third-order valence-corrected chi connectivity index (χ3v) is 3.42. The Balaban J connectivity index is 2.03. The molecule has 2 aromatic rings. The number of aryl methyl sites for hydroxylation is 1. The van der Waals surface area contributed by atoms with Crippen LogP contribution < -0.4 is 4.74 Å². The van der Waals surface area contributed by atoms with Gasteiger partial charge in [0.25, 0.3) is 0 Å². The summed E-state index contributed by atoms with van der Waals surface area (Å²) in [7, 11) is 3.65. The van der Waals surface area contributed by atoms with E-state index in [1.54, 1.807) is 7.11 Å². The average molecular weight is 262 g/mol. The molecule has 3 rings (SSSR count). The summed E-state index contributed by atoms with van der Waals surface area (Å²) >= 11 is 0. The summed E-state index contributed by atoms with van der Waals surface area (Å²) < 4.78 is 18.7. The Bertz CT molecular complexity index is 618. The van der Waals surface area contributed by atoms with E-state index in [-0.39, 0.29) is 6.10 Å². The van der Waals surface area contributed by atoms with Gasteiger partial charge in [-0.15, -0.1) is 0 Å². The SMILES string of the molecule is COc1ccc2c(c1)nc(C1COC(C)(C)O1)n2C. The van der Waals surface area contributed by atoms with E-state index in [1.165, 1.54) is 0 Å². The lowest BCUT2D eigenvalue weighted by molar-refractivity contribution is -0.140. The highest BCUT2D eigenvalue weighted by Gasteiger charge is 2.36. The number of fused-ring (bicyclic) bond motifs is 1. The zero-order valence-corrected chi connectivity index (χ0v) is 11.6. The lowest BCUT2D eigenvalue weighted by Gasteiger charge is -2.16. The van der Waals surface area contributed by atoms with Crippen molar-refractivity contribution in [2.45, 2.75) is 25.7 Å². The molecule has 1 saturated heterocycles. The fourth-order valence-electron chi connectivity index (χ4n) is 2.43. The number of benzene rings is 1. The molecule has 102 valence electrons. The van der Waals surface area contributed by atoms with E-state index < -0.39 is 5.79 Å². The summed E-state index contributed by atoms with van der Waals surface area (Å²) in [6, 6.07) is 5.87. The third kappa shape index (κ3) is 2.09. The quantitative estimate of drug-likeness (QED) is 0.833. The number of hydrogen-bond donors (Lipinski definition) is 0. The first-order chi connectivity index (χ1) is 9.00. The van der Waals surface area contributed by atoms with Gasteiger partial charge >= 0.3 is 0 Å². The summed E-state index contributed by atoms with van der Waals surface area (Å²) in [5.41, 5.74) is 1.97. The molecule has 1 aromatic heterocycles. The molecular formula is C14H18N2O3. The maximum Gasteiger partial charge on any atom is 0.164 e. The molecule has 1 fully saturated rings.